The molecule has 3 rings (SSSR count). The van der Waals surface area contributed by atoms with Crippen LogP contribution in [0.3, 0.4) is 0 Å². The van der Waals surface area contributed by atoms with Crippen LogP contribution in [-0.2, 0) is 0 Å². The largest absolute Gasteiger partial charge is 0.505 e. The van der Waals surface area contributed by atoms with Crippen molar-refractivity contribution in [2.24, 2.45) is 10.2 Å². The Labute approximate surface area is 130 Å². The molecule has 4 nitrogen and oxygen atoms in total. The summed E-state index contributed by atoms with van der Waals surface area (Å²) in [5, 5.41) is 20.2. The molecule has 1 unspecified atom stereocenters. The lowest BCUT2D eigenvalue weighted by atomic mass is 10.1. The van der Waals surface area contributed by atoms with Crippen LogP contribution in [0.15, 0.2) is 75.8 Å². The quantitative estimate of drug-likeness (QED) is 0.496. The van der Waals surface area contributed by atoms with E-state index in [9.17, 15) is 9.66 Å². The third-order valence-electron chi connectivity index (χ3n) is 3.24. The fraction of sp³-hybridized carbons (Fsp3) is 0. The Bertz CT molecular complexity index is 876. The summed E-state index contributed by atoms with van der Waals surface area (Å²) in [4.78, 5) is 0.468. The second kappa shape index (κ2) is 6.09. The first-order chi connectivity index (χ1) is 10.7. The summed E-state index contributed by atoms with van der Waals surface area (Å²) in [6.45, 7) is 0. The molecule has 0 fully saturated rings. The molecule has 0 heterocycles. The third-order valence-corrected chi connectivity index (χ3v) is 4.05. The Morgan fingerprint density at radius 1 is 0.909 bits per heavy atom. The van der Waals surface area contributed by atoms with E-state index >= 15 is 0 Å². The van der Waals surface area contributed by atoms with Gasteiger partial charge in [0.25, 0.3) is 0 Å². The van der Waals surface area contributed by atoms with Gasteiger partial charge in [-0.2, -0.15) is 5.11 Å². The molecule has 0 amide bonds. The second-order valence-electron chi connectivity index (χ2n) is 4.69. The van der Waals surface area contributed by atoms with Gasteiger partial charge in [0, 0.05) is 5.39 Å². The van der Waals surface area contributed by atoms with Crippen molar-refractivity contribution >= 4 is 38.8 Å². The first-order valence-corrected chi connectivity index (χ1v) is 7.96. The minimum atomic E-state index is -1.28. The van der Waals surface area contributed by atoms with Crippen LogP contribution in [0.1, 0.15) is 0 Å². The molecular formula is C17H14N2O2S. The van der Waals surface area contributed by atoms with Gasteiger partial charge in [-0.25, -0.2) is 0 Å². The van der Waals surface area contributed by atoms with Gasteiger partial charge < -0.3 is 9.66 Å². The summed E-state index contributed by atoms with van der Waals surface area (Å²) in [6.07, 6.45) is 0. The van der Waals surface area contributed by atoms with Gasteiger partial charge in [-0.05, 0) is 40.2 Å². The van der Waals surface area contributed by atoms with Crippen LogP contribution in [-0.4, -0.2) is 15.5 Å². The van der Waals surface area contributed by atoms with Gasteiger partial charge in [-0.15, -0.1) is 5.11 Å². The number of fused-ring (bicyclic) bond motifs is 1. The molecule has 0 aromatic heterocycles. The smallest absolute Gasteiger partial charge is 0.152 e. The fourth-order valence-electron chi connectivity index (χ4n) is 2.17. The van der Waals surface area contributed by atoms with Gasteiger partial charge in [0.1, 0.15) is 5.69 Å². The Hall–Kier alpha value is -2.50. The van der Waals surface area contributed by atoms with E-state index in [1.54, 1.807) is 12.1 Å². The number of phenols is 1. The van der Waals surface area contributed by atoms with Crippen molar-refractivity contribution in [1.29, 1.82) is 0 Å². The Balaban J connectivity index is 2.19. The van der Waals surface area contributed by atoms with Crippen molar-refractivity contribution in [3.8, 4) is 5.75 Å². The van der Waals surface area contributed by atoms with Crippen molar-refractivity contribution < 1.29 is 9.66 Å². The molecule has 0 saturated carbocycles. The molecule has 0 bridgehead atoms. The summed E-state index contributed by atoms with van der Waals surface area (Å²) >= 11 is 0. The zero-order valence-electron chi connectivity index (χ0n) is 11.7. The SMILES string of the molecule is C=S(O)c1cc2ccccc2c(O)c1N=Nc1ccccc1. The molecule has 110 valence electrons. The lowest BCUT2D eigenvalue weighted by Crippen LogP contribution is -1.81. The zero-order chi connectivity index (χ0) is 15.5. The van der Waals surface area contributed by atoms with Crippen LogP contribution in [0, 0.1) is 0 Å². The first-order valence-electron chi connectivity index (χ1n) is 6.61. The third kappa shape index (κ3) is 2.77. The molecule has 22 heavy (non-hydrogen) atoms. The number of benzene rings is 3. The lowest BCUT2D eigenvalue weighted by molar-refractivity contribution is 0.481. The van der Waals surface area contributed by atoms with Crippen molar-refractivity contribution in [2.45, 2.75) is 4.90 Å². The van der Waals surface area contributed by atoms with E-state index in [0.29, 0.717) is 16.0 Å². The minimum Gasteiger partial charge on any atom is -0.505 e. The number of rotatable bonds is 3. The molecule has 0 aliphatic carbocycles. The predicted molar refractivity (Wildman–Crippen MR) is 91.8 cm³/mol. The van der Waals surface area contributed by atoms with Gasteiger partial charge in [-0.1, -0.05) is 42.5 Å². The highest BCUT2D eigenvalue weighted by Crippen LogP contribution is 2.44. The second-order valence-corrected chi connectivity index (χ2v) is 5.86. The van der Waals surface area contributed by atoms with Crippen molar-refractivity contribution in [2.75, 3.05) is 0 Å². The summed E-state index contributed by atoms with van der Waals surface area (Å²) in [5.74, 6) is 3.65. The van der Waals surface area contributed by atoms with E-state index in [2.05, 4.69) is 16.1 Å². The van der Waals surface area contributed by atoms with Crippen molar-refractivity contribution in [3.63, 3.8) is 0 Å². The van der Waals surface area contributed by atoms with Crippen LogP contribution in [0.5, 0.6) is 5.75 Å². The normalized spacial score (nSPS) is 12.8. The van der Waals surface area contributed by atoms with Crippen LogP contribution in [0.4, 0.5) is 11.4 Å². The fourth-order valence-corrected chi connectivity index (χ4v) is 2.79. The first kappa shape index (κ1) is 14.4. The van der Waals surface area contributed by atoms with E-state index < -0.39 is 10.8 Å². The summed E-state index contributed by atoms with van der Waals surface area (Å²) in [6, 6.07) is 18.4. The number of aromatic hydroxyl groups is 1. The highest BCUT2D eigenvalue weighted by Gasteiger charge is 2.13. The monoisotopic (exact) mass is 310 g/mol. The molecule has 0 aliphatic heterocycles. The number of nitrogens with zero attached hydrogens (tertiary/aromatic N) is 2. The van der Waals surface area contributed by atoms with Crippen molar-refractivity contribution in [1.82, 2.24) is 0 Å². The predicted octanol–water partition coefficient (Wildman–Crippen LogP) is 5.49. The molecule has 3 aromatic rings. The molecular weight excluding hydrogens is 296 g/mol. The maximum absolute atomic E-state index is 10.5. The molecule has 0 aliphatic rings. The maximum Gasteiger partial charge on any atom is 0.152 e. The van der Waals surface area contributed by atoms with Crippen LogP contribution in [0.2, 0.25) is 0 Å². The molecule has 1 atom stereocenters. The van der Waals surface area contributed by atoms with Crippen LogP contribution >= 0.6 is 10.8 Å². The number of azo groups is 1. The van der Waals surface area contributed by atoms with E-state index in [1.165, 1.54) is 0 Å². The molecule has 0 spiro atoms. The standard InChI is InChI=1S/C17H14N2O2S/c1-22(21)15-11-12-7-5-6-10-14(12)17(20)16(15)19-18-13-8-3-2-4-9-13/h2-11,20-21H,1H2. The highest BCUT2D eigenvalue weighted by molar-refractivity contribution is 8.09. The molecule has 2 N–H and O–H groups in total. The summed E-state index contributed by atoms with van der Waals surface area (Å²) in [7, 11) is -1.28. The van der Waals surface area contributed by atoms with E-state index in [4.69, 9.17) is 0 Å². The van der Waals surface area contributed by atoms with Crippen molar-refractivity contribution in [3.05, 3.63) is 60.7 Å². The lowest BCUT2D eigenvalue weighted by Gasteiger charge is -2.10. The Morgan fingerprint density at radius 3 is 2.32 bits per heavy atom. The molecule has 0 radical (unpaired) electrons. The van der Waals surface area contributed by atoms with Crippen LogP contribution < -0.4 is 0 Å². The topological polar surface area (TPSA) is 65.2 Å². The number of hydrogen-bond donors (Lipinski definition) is 2. The highest BCUT2D eigenvalue weighted by atomic mass is 32.2. The average Bonchev–Trinajstić information content (AvgIpc) is 2.54. The average molecular weight is 310 g/mol. The van der Waals surface area contributed by atoms with Gasteiger partial charge in [0.2, 0.25) is 0 Å². The summed E-state index contributed by atoms with van der Waals surface area (Å²) < 4.78 is 9.89. The van der Waals surface area contributed by atoms with Gasteiger partial charge >= 0.3 is 0 Å². The molecule has 0 saturated heterocycles. The van der Waals surface area contributed by atoms with Gasteiger partial charge in [0.05, 0.1) is 10.6 Å². The maximum atomic E-state index is 10.5. The van der Waals surface area contributed by atoms with Gasteiger partial charge in [0.15, 0.2) is 5.75 Å². The van der Waals surface area contributed by atoms with E-state index in [0.717, 1.165) is 5.39 Å². The molecule has 3 aromatic carbocycles. The molecule has 5 heteroatoms. The Kier molecular flexibility index (Phi) is 4.00. The Morgan fingerprint density at radius 2 is 1.59 bits per heavy atom. The summed E-state index contributed by atoms with van der Waals surface area (Å²) in [5.41, 5.74) is 0.922. The zero-order valence-corrected chi connectivity index (χ0v) is 12.5. The van der Waals surface area contributed by atoms with Crippen LogP contribution in [0.25, 0.3) is 10.8 Å². The number of hydrogen-bond acceptors (Lipinski definition) is 4. The van der Waals surface area contributed by atoms with E-state index in [1.807, 2.05) is 48.5 Å². The van der Waals surface area contributed by atoms with Gasteiger partial charge in [-0.3, -0.25) is 0 Å². The van der Waals surface area contributed by atoms with E-state index in [-0.39, 0.29) is 11.4 Å². The number of phenolic OH excluding ortho intramolecular Hbond substituents is 1. The minimum absolute atomic E-state index is 0.00276.